The van der Waals surface area contributed by atoms with Crippen LogP contribution in [0.4, 0.5) is 0 Å². The van der Waals surface area contributed by atoms with Crippen molar-refractivity contribution in [1.29, 1.82) is 0 Å². The minimum Gasteiger partial charge on any atom is -0.415 e. The Labute approximate surface area is 145 Å². The van der Waals surface area contributed by atoms with Crippen molar-refractivity contribution >= 4 is 16.3 Å². The van der Waals surface area contributed by atoms with Gasteiger partial charge in [0.05, 0.1) is 11.4 Å². The number of fused-ring (bicyclic) bond motifs is 1. The molecule has 25 heavy (non-hydrogen) atoms. The third-order valence-corrected chi connectivity index (χ3v) is 4.51. The van der Waals surface area contributed by atoms with E-state index in [9.17, 15) is 4.79 Å². The molecule has 0 atom stereocenters. The predicted octanol–water partition coefficient (Wildman–Crippen LogP) is 3.98. The van der Waals surface area contributed by atoms with Crippen LogP contribution in [0.2, 0.25) is 0 Å². The molecule has 0 saturated heterocycles. The fourth-order valence-corrected chi connectivity index (χ4v) is 3.20. The highest BCUT2D eigenvalue weighted by Crippen LogP contribution is 2.29. The molecule has 0 unspecified atom stereocenters. The van der Waals surface area contributed by atoms with Gasteiger partial charge in [0.2, 0.25) is 5.89 Å². The van der Waals surface area contributed by atoms with E-state index < -0.39 is 0 Å². The summed E-state index contributed by atoms with van der Waals surface area (Å²) in [7, 11) is 0. The first-order valence-electron chi connectivity index (χ1n) is 8.70. The molecule has 6 nitrogen and oxygen atoms in total. The summed E-state index contributed by atoms with van der Waals surface area (Å²) in [6.45, 7) is 3.86. The summed E-state index contributed by atoms with van der Waals surface area (Å²) in [5, 5.41) is 14.3. The maximum atomic E-state index is 12.6. The van der Waals surface area contributed by atoms with Crippen LogP contribution in [0.3, 0.4) is 0 Å². The van der Waals surface area contributed by atoms with Gasteiger partial charge < -0.3 is 4.42 Å². The third-order valence-electron chi connectivity index (χ3n) is 4.51. The molecular formula is C19H20N4O2. The highest BCUT2D eigenvalue weighted by molar-refractivity contribution is 5.91. The predicted molar refractivity (Wildman–Crippen MR) is 96.1 cm³/mol. The van der Waals surface area contributed by atoms with Crippen molar-refractivity contribution in [2.75, 3.05) is 0 Å². The van der Waals surface area contributed by atoms with Crippen molar-refractivity contribution in [2.45, 2.75) is 45.6 Å². The standard InChI is InChI=1S/C19H20N4O2/c1-12(2)23-19(24)15-11-7-6-10-14(15)16(22-23)18-21-20-17(25-18)13-8-4-3-5-9-13/h6-8,10-12H,3-5,9H2,1-2H3. The van der Waals surface area contributed by atoms with Crippen LogP contribution in [-0.4, -0.2) is 20.0 Å². The van der Waals surface area contributed by atoms with Crippen LogP contribution in [0.5, 0.6) is 0 Å². The van der Waals surface area contributed by atoms with Gasteiger partial charge in [0.15, 0.2) is 5.69 Å². The highest BCUT2D eigenvalue weighted by atomic mass is 16.4. The van der Waals surface area contributed by atoms with Crippen molar-refractivity contribution in [1.82, 2.24) is 20.0 Å². The maximum absolute atomic E-state index is 12.6. The van der Waals surface area contributed by atoms with Crippen molar-refractivity contribution in [2.24, 2.45) is 0 Å². The zero-order valence-electron chi connectivity index (χ0n) is 14.4. The first-order valence-corrected chi connectivity index (χ1v) is 8.70. The molecule has 0 radical (unpaired) electrons. The SMILES string of the molecule is CC(C)n1nc(-c2nnc(C3=CCCCC3)o2)c2ccccc2c1=O. The fraction of sp³-hybridized carbons (Fsp3) is 0.368. The molecule has 0 spiro atoms. The molecule has 1 aliphatic rings. The van der Waals surface area contributed by atoms with Gasteiger partial charge in [-0.25, -0.2) is 4.68 Å². The summed E-state index contributed by atoms with van der Waals surface area (Å²) in [5.41, 5.74) is 1.55. The molecule has 128 valence electrons. The monoisotopic (exact) mass is 336 g/mol. The number of rotatable bonds is 3. The van der Waals surface area contributed by atoms with Gasteiger partial charge in [0.1, 0.15) is 0 Å². The molecule has 0 aliphatic heterocycles. The average Bonchev–Trinajstić information content (AvgIpc) is 3.13. The Balaban J connectivity index is 1.89. The summed E-state index contributed by atoms with van der Waals surface area (Å²) in [6.07, 6.45) is 6.52. The van der Waals surface area contributed by atoms with Crippen LogP contribution < -0.4 is 5.56 Å². The number of nitrogens with zero attached hydrogens (tertiary/aromatic N) is 4. The van der Waals surface area contributed by atoms with E-state index >= 15 is 0 Å². The van der Waals surface area contributed by atoms with Gasteiger partial charge in [0, 0.05) is 11.0 Å². The zero-order valence-corrected chi connectivity index (χ0v) is 14.4. The Morgan fingerprint density at radius 1 is 1.08 bits per heavy atom. The van der Waals surface area contributed by atoms with E-state index in [1.807, 2.05) is 38.1 Å². The van der Waals surface area contributed by atoms with Crippen LogP contribution in [0, 0.1) is 0 Å². The van der Waals surface area contributed by atoms with Crippen molar-refractivity contribution in [3.8, 4) is 11.6 Å². The Kier molecular flexibility index (Phi) is 3.95. The van der Waals surface area contributed by atoms with Crippen LogP contribution >= 0.6 is 0 Å². The lowest BCUT2D eigenvalue weighted by molar-refractivity contribution is 0.499. The fourth-order valence-electron chi connectivity index (χ4n) is 3.20. The van der Waals surface area contributed by atoms with E-state index in [4.69, 9.17) is 4.42 Å². The van der Waals surface area contributed by atoms with E-state index in [0.717, 1.165) is 30.2 Å². The van der Waals surface area contributed by atoms with E-state index in [1.165, 1.54) is 11.1 Å². The van der Waals surface area contributed by atoms with Crippen LogP contribution in [0.25, 0.3) is 27.9 Å². The molecule has 1 aliphatic carbocycles. The van der Waals surface area contributed by atoms with Gasteiger partial charge in [-0.05, 0) is 45.6 Å². The topological polar surface area (TPSA) is 73.8 Å². The summed E-state index contributed by atoms with van der Waals surface area (Å²) in [4.78, 5) is 12.6. The smallest absolute Gasteiger partial charge is 0.274 e. The summed E-state index contributed by atoms with van der Waals surface area (Å²) < 4.78 is 7.40. The largest absolute Gasteiger partial charge is 0.415 e. The quantitative estimate of drug-likeness (QED) is 0.723. The molecule has 0 amide bonds. The minimum atomic E-state index is -0.107. The molecule has 1 aromatic carbocycles. The van der Waals surface area contributed by atoms with Crippen molar-refractivity contribution in [3.05, 3.63) is 46.6 Å². The number of aromatic nitrogens is 4. The second-order valence-electron chi connectivity index (χ2n) is 6.63. The van der Waals surface area contributed by atoms with Gasteiger partial charge in [-0.2, -0.15) is 5.10 Å². The van der Waals surface area contributed by atoms with E-state index in [0.29, 0.717) is 22.9 Å². The van der Waals surface area contributed by atoms with E-state index in [-0.39, 0.29) is 11.6 Å². The summed E-state index contributed by atoms with van der Waals surface area (Å²) in [6, 6.07) is 7.35. The average molecular weight is 336 g/mol. The van der Waals surface area contributed by atoms with Gasteiger partial charge in [-0.15, -0.1) is 10.2 Å². The Morgan fingerprint density at radius 2 is 1.84 bits per heavy atom. The van der Waals surface area contributed by atoms with E-state index in [1.54, 1.807) is 0 Å². The number of benzene rings is 1. The summed E-state index contributed by atoms with van der Waals surface area (Å²) >= 11 is 0. The lowest BCUT2D eigenvalue weighted by Gasteiger charge is -2.11. The second kappa shape index (κ2) is 6.27. The summed E-state index contributed by atoms with van der Waals surface area (Å²) in [5.74, 6) is 0.912. The third kappa shape index (κ3) is 2.77. The van der Waals surface area contributed by atoms with Gasteiger partial charge in [-0.3, -0.25) is 4.79 Å². The van der Waals surface area contributed by atoms with Gasteiger partial charge in [-0.1, -0.05) is 24.3 Å². The van der Waals surface area contributed by atoms with Crippen LogP contribution in [-0.2, 0) is 0 Å². The number of hydrogen-bond acceptors (Lipinski definition) is 5. The maximum Gasteiger partial charge on any atom is 0.274 e. The zero-order chi connectivity index (χ0) is 17.4. The van der Waals surface area contributed by atoms with Crippen LogP contribution in [0.1, 0.15) is 51.5 Å². The molecule has 2 aromatic heterocycles. The van der Waals surface area contributed by atoms with E-state index in [2.05, 4.69) is 21.4 Å². The van der Waals surface area contributed by atoms with Gasteiger partial charge in [0.25, 0.3) is 11.4 Å². The van der Waals surface area contributed by atoms with Crippen molar-refractivity contribution < 1.29 is 4.42 Å². The lowest BCUT2D eigenvalue weighted by Crippen LogP contribution is -2.25. The molecule has 2 heterocycles. The molecule has 6 heteroatoms. The first kappa shape index (κ1) is 15.7. The van der Waals surface area contributed by atoms with Crippen molar-refractivity contribution in [3.63, 3.8) is 0 Å². The Morgan fingerprint density at radius 3 is 2.56 bits per heavy atom. The molecule has 4 rings (SSSR count). The first-order chi connectivity index (χ1) is 12.1. The second-order valence-corrected chi connectivity index (χ2v) is 6.63. The molecule has 0 saturated carbocycles. The Hall–Kier alpha value is -2.76. The molecule has 0 N–H and O–H groups in total. The number of allylic oxidation sites excluding steroid dienone is 2. The van der Waals surface area contributed by atoms with Crippen LogP contribution in [0.15, 0.2) is 39.6 Å². The molecule has 3 aromatic rings. The normalized spacial score (nSPS) is 14.9. The van der Waals surface area contributed by atoms with Gasteiger partial charge >= 0.3 is 0 Å². The molecule has 0 fully saturated rings. The highest BCUT2D eigenvalue weighted by Gasteiger charge is 2.20. The minimum absolute atomic E-state index is 0.0562. The molecule has 0 bridgehead atoms. The molecular weight excluding hydrogens is 316 g/mol. The Bertz CT molecular complexity index is 1010. The lowest BCUT2D eigenvalue weighted by atomic mass is 10.00. The number of hydrogen-bond donors (Lipinski definition) is 0.